The molecule has 0 saturated carbocycles. The van der Waals surface area contributed by atoms with E-state index in [9.17, 15) is 14.7 Å². The first-order valence-electron chi connectivity index (χ1n) is 7.92. The second kappa shape index (κ2) is 6.35. The summed E-state index contributed by atoms with van der Waals surface area (Å²) >= 11 is 0. The van der Waals surface area contributed by atoms with Crippen LogP contribution in [0.3, 0.4) is 0 Å². The summed E-state index contributed by atoms with van der Waals surface area (Å²) in [5.74, 6) is -0.234. The van der Waals surface area contributed by atoms with Gasteiger partial charge in [-0.05, 0) is 38.1 Å². The predicted molar refractivity (Wildman–Crippen MR) is 92.3 cm³/mol. The van der Waals surface area contributed by atoms with Gasteiger partial charge in [0.25, 0.3) is 5.91 Å². The van der Waals surface area contributed by atoms with Crippen LogP contribution in [0.2, 0.25) is 0 Å². The fraction of sp³-hybridized carbons (Fsp3) is 0.263. The summed E-state index contributed by atoms with van der Waals surface area (Å²) in [6.45, 7) is 4.67. The van der Waals surface area contributed by atoms with E-state index in [1.807, 2.05) is 31.2 Å². The van der Waals surface area contributed by atoms with Crippen molar-refractivity contribution in [3.8, 4) is 5.75 Å². The molecular weight excluding hydrogens is 304 g/mol. The van der Waals surface area contributed by atoms with Crippen LogP contribution in [0.15, 0.2) is 42.5 Å². The normalized spacial score (nSPS) is 14.8. The lowest BCUT2D eigenvalue weighted by atomic mass is 10.1. The molecule has 0 aromatic heterocycles. The van der Waals surface area contributed by atoms with Crippen molar-refractivity contribution in [1.82, 2.24) is 4.90 Å². The summed E-state index contributed by atoms with van der Waals surface area (Å²) in [5.41, 5.74) is 2.97. The van der Waals surface area contributed by atoms with Gasteiger partial charge in [0.05, 0.1) is 0 Å². The van der Waals surface area contributed by atoms with Crippen molar-refractivity contribution < 1.29 is 14.7 Å². The van der Waals surface area contributed by atoms with Crippen LogP contribution in [-0.4, -0.2) is 41.5 Å². The van der Waals surface area contributed by atoms with Crippen LogP contribution in [0.1, 0.15) is 21.5 Å². The van der Waals surface area contributed by atoms with Gasteiger partial charge >= 0.3 is 0 Å². The van der Waals surface area contributed by atoms with Crippen LogP contribution in [-0.2, 0) is 4.79 Å². The Balaban J connectivity index is 1.75. The molecule has 2 amide bonds. The number of phenolic OH excluding ortho intramolecular Hbond substituents is 1. The molecule has 0 atom stereocenters. The lowest BCUT2D eigenvalue weighted by Gasteiger charge is -2.34. The minimum Gasteiger partial charge on any atom is -0.508 e. The third-order valence-corrected chi connectivity index (χ3v) is 4.39. The van der Waals surface area contributed by atoms with Gasteiger partial charge in [-0.25, -0.2) is 0 Å². The molecular formula is C19H20N2O3. The fourth-order valence-corrected chi connectivity index (χ4v) is 2.87. The molecule has 24 heavy (non-hydrogen) atoms. The van der Waals surface area contributed by atoms with Crippen LogP contribution in [0.4, 0.5) is 5.69 Å². The van der Waals surface area contributed by atoms with Gasteiger partial charge in [0, 0.05) is 29.9 Å². The Bertz CT molecular complexity index is 784. The molecule has 1 fully saturated rings. The Morgan fingerprint density at radius 1 is 1.04 bits per heavy atom. The van der Waals surface area contributed by atoms with E-state index in [2.05, 4.69) is 0 Å². The van der Waals surface area contributed by atoms with E-state index in [1.54, 1.807) is 30.0 Å². The molecule has 1 saturated heterocycles. The van der Waals surface area contributed by atoms with Crippen molar-refractivity contribution in [1.29, 1.82) is 0 Å². The van der Waals surface area contributed by atoms with E-state index in [0.29, 0.717) is 24.2 Å². The predicted octanol–water partition coefficient (Wildman–Crippen LogP) is 2.50. The zero-order valence-electron chi connectivity index (χ0n) is 13.8. The van der Waals surface area contributed by atoms with E-state index in [-0.39, 0.29) is 24.1 Å². The number of hydrogen-bond acceptors (Lipinski definition) is 3. The lowest BCUT2D eigenvalue weighted by molar-refractivity contribution is -0.120. The van der Waals surface area contributed by atoms with E-state index in [4.69, 9.17) is 0 Å². The Kier molecular flexibility index (Phi) is 4.25. The topological polar surface area (TPSA) is 60.9 Å². The maximum Gasteiger partial charge on any atom is 0.254 e. The second-order valence-electron chi connectivity index (χ2n) is 6.06. The van der Waals surface area contributed by atoms with E-state index in [0.717, 1.165) is 11.3 Å². The minimum atomic E-state index is -0.222. The molecule has 1 aliphatic rings. The molecule has 1 heterocycles. The molecule has 0 radical (unpaired) electrons. The number of carbonyl (C=O) groups excluding carboxylic acids is 2. The molecule has 0 spiro atoms. The number of amides is 2. The van der Waals surface area contributed by atoms with Crippen LogP contribution in [0, 0.1) is 13.8 Å². The second-order valence-corrected chi connectivity index (χ2v) is 6.06. The van der Waals surface area contributed by atoms with Crippen molar-refractivity contribution >= 4 is 17.5 Å². The summed E-state index contributed by atoms with van der Waals surface area (Å²) in [5, 5.41) is 9.77. The monoisotopic (exact) mass is 324 g/mol. The number of carbonyl (C=O) groups is 2. The van der Waals surface area contributed by atoms with Crippen LogP contribution in [0.25, 0.3) is 0 Å². The van der Waals surface area contributed by atoms with E-state index >= 15 is 0 Å². The highest BCUT2D eigenvalue weighted by atomic mass is 16.3. The SMILES string of the molecule is Cc1ccc(N2CCN(C(=O)c3cccc(O)c3C)CC2=O)cc1. The maximum absolute atomic E-state index is 12.7. The van der Waals surface area contributed by atoms with E-state index < -0.39 is 0 Å². The van der Waals surface area contributed by atoms with Crippen molar-refractivity contribution in [3.05, 3.63) is 59.2 Å². The standard InChI is InChI=1S/C19H20N2O3/c1-13-6-8-15(9-7-13)21-11-10-20(12-18(21)23)19(24)16-4-3-5-17(22)14(16)2/h3-9,22H,10-12H2,1-2H3. The number of aryl methyl sites for hydroxylation is 1. The van der Waals surface area contributed by atoms with Gasteiger partial charge in [-0.1, -0.05) is 23.8 Å². The molecule has 0 aliphatic carbocycles. The number of aromatic hydroxyl groups is 1. The summed E-state index contributed by atoms with van der Waals surface area (Å²) in [6.07, 6.45) is 0. The Morgan fingerprint density at radius 2 is 1.75 bits per heavy atom. The zero-order chi connectivity index (χ0) is 17.3. The number of phenols is 1. The first-order valence-corrected chi connectivity index (χ1v) is 7.92. The Labute approximate surface area is 141 Å². The number of rotatable bonds is 2. The first-order chi connectivity index (χ1) is 11.5. The number of anilines is 1. The lowest BCUT2D eigenvalue weighted by Crippen LogP contribution is -2.52. The number of nitrogens with zero attached hydrogens (tertiary/aromatic N) is 2. The Hall–Kier alpha value is -2.82. The van der Waals surface area contributed by atoms with Crippen molar-refractivity contribution in [2.75, 3.05) is 24.5 Å². The molecule has 2 aromatic rings. The highest BCUT2D eigenvalue weighted by molar-refractivity contribution is 6.02. The van der Waals surface area contributed by atoms with Gasteiger partial charge in [-0.2, -0.15) is 0 Å². The molecule has 5 heteroatoms. The number of piperazine rings is 1. The van der Waals surface area contributed by atoms with Crippen molar-refractivity contribution in [2.24, 2.45) is 0 Å². The highest BCUT2D eigenvalue weighted by Crippen LogP contribution is 2.23. The van der Waals surface area contributed by atoms with Gasteiger partial charge in [-0.3, -0.25) is 9.59 Å². The molecule has 2 aromatic carbocycles. The summed E-state index contributed by atoms with van der Waals surface area (Å²) in [7, 11) is 0. The minimum absolute atomic E-state index is 0.0435. The van der Waals surface area contributed by atoms with Gasteiger partial charge in [0.2, 0.25) is 5.91 Å². The molecule has 0 bridgehead atoms. The number of hydrogen-bond donors (Lipinski definition) is 1. The summed E-state index contributed by atoms with van der Waals surface area (Å²) in [6, 6.07) is 12.6. The van der Waals surface area contributed by atoms with Gasteiger partial charge in [-0.15, -0.1) is 0 Å². The van der Waals surface area contributed by atoms with E-state index in [1.165, 1.54) is 4.90 Å². The molecule has 1 aliphatic heterocycles. The van der Waals surface area contributed by atoms with Crippen LogP contribution in [0.5, 0.6) is 5.75 Å². The third kappa shape index (κ3) is 2.97. The smallest absolute Gasteiger partial charge is 0.254 e. The highest BCUT2D eigenvalue weighted by Gasteiger charge is 2.29. The van der Waals surface area contributed by atoms with Crippen LogP contribution < -0.4 is 4.90 Å². The quantitative estimate of drug-likeness (QED) is 0.923. The fourth-order valence-electron chi connectivity index (χ4n) is 2.87. The molecule has 0 unspecified atom stereocenters. The zero-order valence-corrected chi connectivity index (χ0v) is 13.8. The average molecular weight is 324 g/mol. The largest absolute Gasteiger partial charge is 0.508 e. The van der Waals surface area contributed by atoms with Gasteiger partial charge in [0.15, 0.2) is 0 Å². The summed E-state index contributed by atoms with van der Waals surface area (Å²) in [4.78, 5) is 28.4. The maximum atomic E-state index is 12.7. The molecule has 3 rings (SSSR count). The van der Waals surface area contributed by atoms with Crippen LogP contribution >= 0.6 is 0 Å². The van der Waals surface area contributed by atoms with Crippen molar-refractivity contribution in [3.63, 3.8) is 0 Å². The number of benzene rings is 2. The molecule has 124 valence electrons. The average Bonchev–Trinajstić information content (AvgIpc) is 2.58. The molecule has 5 nitrogen and oxygen atoms in total. The van der Waals surface area contributed by atoms with Crippen molar-refractivity contribution in [2.45, 2.75) is 13.8 Å². The molecule has 1 N–H and O–H groups in total. The van der Waals surface area contributed by atoms with Gasteiger partial charge < -0.3 is 14.9 Å². The first kappa shape index (κ1) is 16.1. The Morgan fingerprint density at radius 3 is 2.42 bits per heavy atom. The third-order valence-electron chi connectivity index (χ3n) is 4.39. The van der Waals surface area contributed by atoms with Gasteiger partial charge in [0.1, 0.15) is 12.3 Å². The summed E-state index contributed by atoms with van der Waals surface area (Å²) < 4.78 is 0.